The molecule has 16 heavy (non-hydrogen) atoms. The van der Waals surface area contributed by atoms with E-state index < -0.39 is 5.97 Å². The summed E-state index contributed by atoms with van der Waals surface area (Å²) >= 11 is 0. The molecule has 0 atom stereocenters. The van der Waals surface area contributed by atoms with Gasteiger partial charge in [0.2, 0.25) is 0 Å². The van der Waals surface area contributed by atoms with Crippen molar-refractivity contribution in [3.8, 4) is 0 Å². The van der Waals surface area contributed by atoms with E-state index in [9.17, 15) is 4.79 Å². The van der Waals surface area contributed by atoms with Gasteiger partial charge in [-0.3, -0.25) is 0 Å². The second-order valence-electron chi connectivity index (χ2n) is 3.26. The van der Waals surface area contributed by atoms with E-state index in [0.29, 0.717) is 22.3 Å². The number of nitrogen functional groups attached to an aromatic ring is 1. The Morgan fingerprint density at radius 1 is 1.38 bits per heavy atom. The number of anilines is 1. The van der Waals surface area contributed by atoms with Gasteiger partial charge in [0.25, 0.3) is 0 Å². The number of nitrogens with two attached hydrogens (primary N) is 1. The van der Waals surface area contributed by atoms with Gasteiger partial charge < -0.3 is 10.5 Å². The van der Waals surface area contributed by atoms with Crippen molar-refractivity contribution in [1.29, 1.82) is 0 Å². The second kappa shape index (κ2) is 3.73. The topological polar surface area (TPSA) is 91.0 Å². The largest absolute Gasteiger partial charge is 0.465 e. The van der Waals surface area contributed by atoms with Crippen LogP contribution in [0, 0.1) is 6.92 Å². The molecule has 0 aliphatic rings. The van der Waals surface area contributed by atoms with Crippen molar-refractivity contribution in [3.63, 3.8) is 0 Å². The highest BCUT2D eigenvalue weighted by atomic mass is 16.5. The molecule has 2 N–H and O–H groups in total. The van der Waals surface area contributed by atoms with Crippen molar-refractivity contribution in [2.75, 3.05) is 12.8 Å². The van der Waals surface area contributed by atoms with E-state index in [4.69, 9.17) is 5.73 Å². The number of nitrogens with zero attached hydrogens (tertiary/aromatic N) is 3. The standard InChI is InChI=1S/C10H10N4O2/c1-5-3-6(10(15)16-2)7-8(14-5)9(11)13-4-12-7/h3-4H,1-2H3,(H2,11,12,13). The van der Waals surface area contributed by atoms with Gasteiger partial charge in [0.05, 0.1) is 12.7 Å². The van der Waals surface area contributed by atoms with Crippen LogP contribution in [-0.4, -0.2) is 28.0 Å². The first-order chi connectivity index (χ1) is 7.63. The third kappa shape index (κ3) is 1.54. The Labute approximate surface area is 91.5 Å². The molecule has 0 unspecified atom stereocenters. The number of hydrogen-bond donors (Lipinski definition) is 1. The van der Waals surface area contributed by atoms with E-state index in [2.05, 4.69) is 19.7 Å². The Morgan fingerprint density at radius 3 is 2.81 bits per heavy atom. The van der Waals surface area contributed by atoms with Crippen molar-refractivity contribution in [3.05, 3.63) is 23.7 Å². The zero-order valence-corrected chi connectivity index (χ0v) is 8.89. The van der Waals surface area contributed by atoms with Crippen LogP contribution in [0.1, 0.15) is 16.1 Å². The van der Waals surface area contributed by atoms with Crippen LogP contribution >= 0.6 is 0 Å². The maximum Gasteiger partial charge on any atom is 0.340 e. The number of aryl methyl sites for hydroxylation is 1. The number of methoxy groups -OCH3 is 1. The number of carbonyl (C=O) groups excluding carboxylic acids is 1. The minimum absolute atomic E-state index is 0.249. The fraction of sp³-hybridized carbons (Fsp3) is 0.200. The maximum absolute atomic E-state index is 11.5. The second-order valence-corrected chi connectivity index (χ2v) is 3.26. The maximum atomic E-state index is 11.5. The average Bonchev–Trinajstić information content (AvgIpc) is 2.28. The highest BCUT2D eigenvalue weighted by Crippen LogP contribution is 2.19. The van der Waals surface area contributed by atoms with Crippen molar-refractivity contribution in [1.82, 2.24) is 15.0 Å². The molecule has 0 bridgehead atoms. The molecule has 2 rings (SSSR count). The van der Waals surface area contributed by atoms with Crippen molar-refractivity contribution in [2.45, 2.75) is 6.92 Å². The summed E-state index contributed by atoms with van der Waals surface area (Å²) in [7, 11) is 1.31. The highest BCUT2D eigenvalue weighted by molar-refractivity contribution is 6.03. The zero-order chi connectivity index (χ0) is 11.7. The minimum atomic E-state index is -0.464. The molecule has 0 aromatic carbocycles. The summed E-state index contributed by atoms with van der Waals surface area (Å²) in [5.74, 6) is -0.215. The van der Waals surface area contributed by atoms with Crippen LogP contribution in [0.5, 0.6) is 0 Å². The minimum Gasteiger partial charge on any atom is -0.465 e. The molecule has 2 aromatic heterocycles. The van der Waals surface area contributed by atoms with E-state index in [1.807, 2.05) is 0 Å². The van der Waals surface area contributed by atoms with Crippen LogP contribution < -0.4 is 5.73 Å². The van der Waals surface area contributed by atoms with Gasteiger partial charge in [-0.15, -0.1) is 0 Å². The van der Waals surface area contributed by atoms with Gasteiger partial charge in [0, 0.05) is 5.69 Å². The molecule has 0 fully saturated rings. The van der Waals surface area contributed by atoms with E-state index >= 15 is 0 Å². The number of ether oxygens (including phenoxy) is 1. The predicted molar refractivity (Wildman–Crippen MR) is 57.8 cm³/mol. The van der Waals surface area contributed by atoms with Crippen molar-refractivity contribution in [2.24, 2.45) is 0 Å². The molecular weight excluding hydrogens is 208 g/mol. The summed E-state index contributed by atoms with van der Waals surface area (Å²) in [4.78, 5) is 23.6. The number of carbonyl (C=O) groups is 1. The molecule has 6 nitrogen and oxygen atoms in total. The molecular formula is C10H10N4O2. The van der Waals surface area contributed by atoms with Gasteiger partial charge in [0.1, 0.15) is 17.4 Å². The highest BCUT2D eigenvalue weighted by Gasteiger charge is 2.15. The Balaban J connectivity index is 2.83. The summed E-state index contributed by atoms with van der Waals surface area (Å²) in [6.45, 7) is 1.76. The Morgan fingerprint density at radius 2 is 2.12 bits per heavy atom. The van der Waals surface area contributed by atoms with Crippen LogP contribution in [-0.2, 0) is 4.74 Å². The lowest BCUT2D eigenvalue weighted by atomic mass is 10.2. The number of pyridine rings is 1. The van der Waals surface area contributed by atoms with E-state index in [0.717, 1.165) is 0 Å². The van der Waals surface area contributed by atoms with E-state index in [1.165, 1.54) is 13.4 Å². The third-order valence-electron chi connectivity index (χ3n) is 2.15. The molecule has 0 saturated heterocycles. The summed E-state index contributed by atoms with van der Waals surface area (Å²) in [5, 5.41) is 0. The van der Waals surface area contributed by atoms with Crippen LogP contribution in [0.3, 0.4) is 0 Å². The molecule has 6 heteroatoms. The summed E-state index contributed by atoms with van der Waals surface area (Å²) in [6, 6.07) is 1.61. The Hall–Kier alpha value is -2.24. The lowest BCUT2D eigenvalue weighted by Gasteiger charge is -2.05. The lowest BCUT2D eigenvalue weighted by Crippen LogP contribution is -2.06. The van der Waals surface area contributed by atoms with Gasteiger partial charge in [-0.25, -0.2) is 19.7 Å². The molecule has 0 spiro atoms. The normalized spacial score (nSPS) is 10.4. The van der Waals surface area contributed by atoms with Crippen LogP contribution in [0.2, 0.25) is 0 Å². The van der Waals surface area contributed by atoms with Crippen LogP contribution in [0.25, 0.3) is 11.0 Å². The Bertz CT molecular complexity index is 568. The van der Waals surface area contributed by atoms with E-state index in [-0.39, 0.29) is 5.82 Å². The quantitative estimate of drug-likeness (QED) is 0.708. The van der Waals surface area contributed by atoms with Crippen LogP contribution in [0.15, 0.2) is 12.4 Å². The molecule has 2 heterocycles. The smallest absolute Gasteiger partial charge is 0.340 e. The number of fused-ring (bicyclic) bond motifs is 1. The first-order valence-electron chi connectivity index (χ1n) is 4.59. The molecule has 0 aliphatic carbocycles. The predicted octanol–water partition coefficient (Wildman–Crippen LogP) is 0.702. The van der Waals surface area contributed by atoms with Gasteiger partial charge in [-0.05, 0) is 13.0 Å². The van der Waals surface area contributed by atoms with E-state index in [1.54, 1.807) is 13.0 Å². The number of hydrogen-bond acceptors (Lipinski definition) is 6. The van der Waals surface area contributed by atoms with Crippen molar-refractivity contribution < 1.29 is 9.53 Å². The van der Waals surface area contributed by atoms with Crippen LogP contribution in [0.4, 0.5) is 5.82 Å². The van der Waals surface area contributed by atoms with Gasteiger partial charge in [0.15, 0.2) is 5.82 Å². The lowest BCUT2D eigenvalue weighted by molar-refractivity contribution is 0.0602. The monoisotopic (exact) mass is 218 g/mol. The molecule has 82 valence electrons. The third-order valence-corrected chi connectivity index (χ3v) is 2.15. The average molecular weight is 218 g/mol. The van der Waals surface area contributed by atoms with Gasteiger partial charge in [-0.2, -0.15) is 0 Å². The first-order valence-corrected chi connectivity index (χ1v) is 4.59. The molecule has 0 amide bonds. The first kappa shape index (κ1) is 10.3. The molecule has 0 saturated carbocycles. The molecule has 0 radical (unpaired) electrons. The summed E-state index contributed by atoms with van der Waals surface area (Å²) < 4.78 is 4.67. The van der Waals surface area contributed by atoms with Crippen molar-refractivity contribution >= 4 is 22.8 Å². The van der Waals surface area contributed by atoms with Gasteiger partial charge >= 0.3 is 5.97 Å². The number of aromatic nitrogens is 3. The fourth-order valence-electron chi connectivity index (χ4n) is 1.45. The summed E-state index contributed by atoms with van der Waals surface area (Å²) in [6.07, 6.45) is 1.29. The Kier molecular flexibility index (Phi) is 2.40. The number of esters is 1. The summed E-state index contributed by atoms with van der Waals surface area (Å²) in [5.41, 5.74) is 7.50. The molecule has 0 aliphatic heterocycles. The zero-order valence-electron chi connectivity index (χ0n) is 8.89. The SMILES string of the molecule is COC(=O)c1cc(C)nc2c(N)ncnc12. The fourth-order valence-corrected chi connectivity index (χ4v) is 1.45. The number of rotatable bonds is 1. The van der Waals surface area contributed by atoms with Gasteiger partial charge in [-0.1, -0.05) is 0 Å². The molecule has 2 aromatic rings.